The van der Waals surface area contributed by atoms with Crippen LogP contribution in [0.3, 0.4) is 0 Å². The first kappa shape index (κ1) is 15.8. The van der Waals surface area contributed by atoms with Gasteiger partial charge in [0.05, 0.1) is 7.11 Å². The lowest BCUT2D eigenvalue weighted by Crippen LogP contribution is -2.28. The summed E-state index contributed by atoms with van der Waals surface area (Å²) in [7, 11) is 1.68. The quantitative estimate of drug-likeness (QED) is 0.853. The second-order valence-corrected chi connectivity index (χ2v) is 5.38. The predicted molar refractivity (Wildman–Crippen MR) is 87.6 cm³/mol. The number of hydrogen-bond acceptors (Lipinski definition) is 3. The van der Waals surface area contributed by atoms with Crippen LogP contribution in [-0.2, 0) is 13.1 Å². The van der Waals surface area contributed by atoms with Crippen molar-refractivity contribution < 1.29 is 4.74 Å². The van der Waals surface area contributed by atoms with Crippen molar-refractivity contribution in [3.8, 4) is 5.75 Å². The number of hydrogen-bond donors (Lipinski definition) is 1. The molecule has 0 spiro atoms. The molecule has 2 aromatic carbocycles. The largest absolute Gasteiger partial charge is 0.496 e. The van der Waals surface area contributed by atoms with Crippen molar-refractivity contribution in [2.75, 3.05) is 20.2 Å². The first-order valence-corrected chi connectivity index (χ1v) is 7.39. The third-order valence-electron chi connectivity index (χ3n) is 3.33. The first-order valence-electron chi connectivity index (χ1n) is 7.01. The second-order valence-electron chi connectivity index (χ2n) is 4.94. The molecule has 0 aliphatic rings. The molecule has 0 atom stereocenters. The highest BCUT2D eigenvalue weighted by atomic mass is 35.5. The number of halogens is 1. The van der Waals surface area contributed by atoms with E-state index in [1.165, 1.54) is 5.56 Å². The molecule has 2 N–H and O–H groups in total. The van der Waals surface area contributed by atoms with Crippen molar-refractivity contribution in [2.24, 2.45) is 5.73 Å². The molecule has 0 heterocycles. The summed E-state index contributed by atoms with van der Waals surface area (Å²) >= 11 is 6.10. The molecule has 0 saturated carbocycles. The van der Waals surface area contributed by atoms with Crippen molar-refractivity contribution in [2.45, 2.75) is 13.1 Å². The van der Waals surface area contributed by atoms with Crippen molar-refractivity contribution in [1.82, 2.24) is 4.90 Å². The van der Waals surface area contributed by atoms with Gasteiger partial charge in [0.2, 0.25) is 0 Å². The predicted octanol–water partition coefficient (Wildman–Crippen LogP) is 3.31. The van der Waals surface area contributed by atoms with Crippen molar-refractivity contribution >= 4 is 11.6 Å². The van der Waals surface area contributed by atoms with E-state index in [0.717, 1.165) is 36.0 Å². The van der Waals surface area contributed by atoms with Crippen LogP contribution >= 0.6 is 11.6 Å². The average Bonchev–Trinajstić information content (AvgIpc) is 2.49. The normalized spacial score (nSPS) is 10.9. The molecule has 112 valence electrons. The smallest absolute Gasteiger partial charge is 0.123 e. The summed E-state index contributed by atoms with van der Waals surface area (Å²) in [6, 6.07) is 16.1. The molecule has 0 bridgehead atoms. The number of methoxy groups -OCH3 is 1. The highest BCUT2D eigenvalue weighted by Gasteiger charge is 2.10. The van der Waals surface area contributed by atoms with Gasteiger partial charge in [0.15, 0.2) is 0 Å². The van der Waals surface area contributed by atoms with Crippen LogP contribution in [0.1, 0.15) is 11.1 Å². The Morgan fingerprint density at radius 1 is 1.10 bits per heavy atom. The lowest BCUT2D eigenvalue weighted by molar-refractivity contribution is 0.259. The summed E-state index contributed by atoms with van der Waals surface area (Å²) in [5.41, 5.74) is 8.09. The lowest BCUT2D eigenvalue weighted by atomic mass is 10.1. The molecule has 0 aliphatic heterocycles. The standard InChI is InChI=1S/C17H21ClN2O/c1-21-17-8-7-16(18)11-15(17)13-20(10-9-19)12-14-5-3-2-4-6-14/h2-8,11H,9-10,12-13,19H2,1H3. The molecule has 0 fully saturated rings. The molecule has 2 aromatic rings. The fraction of sp³-hybridized carbons (Fsp3) is 0.294. The number of nitrogens with zero attached hydrogens (tertiary/aromatic N) is 1. The Balaban J connectivity index is 2.14. The Labute approximate surface area is 131 Å². The minimum atomic E-state index is 0.621. The van der Waals surface area contributed by atoms with E-state index in [9.17, 15) is 0 Å². The number of rotatable bonds is 7. The summed E-state index contributed by atoms with van der Waals surface area (Å²) in [6.45, 7) is 3.06. The highest BCUT2D eigenvalue weighted by molar-refractivity contribution is 6.30. The van der Waals surface area contributed by atoms with E-state index in [4.69, 9.17) is 22.1 Å². The Morgan fingerprint density at radius 3 is 2.52 bits per heavy atom. The highest BCUT2D eigenvalue weighted by Crippen LogP contribution is 2.24. The summed E-state index contributed by atoms with van der Waals surface area (Å²) in [4.78, 5) is 2.30. The minimum Gasteiger partial charge on any atom is -0.496 e. The molecule has 2 rings (SSSR count). The molecule has 0 unspecified atom stereocenters. The van der Waals surface area contributed by atoms with Gasteiger partial charge in [-0.2, -0.15) is 0 Å². The summed E-state index contributed by atoms with van der Waals surface area (Å²) in [6.07, 6.45) is 0. The Kier molecular flexibility index (Phi) is 6.05. The van der Waals surface area contributed by atoms with E-state index >= 15 is 0 Å². The van der Waals surface area contributed by atoms with Gasteiger partial charge in [0.1, 0.15) is 5.75 Å². The number of nitrogens with two attached hydrogens (primary N) is 1. The van der Waals surface area contributed by atoms with Gasteiger partial charge in [-0.25, -0.2) is 0 Å². The molecule has 3 nitrogen and oxygen atoms in total. The van der Waals surface area contributed by atoms with Crippen molar-refractivity contribution in [3.05, 3.63) is 64.7 Å². The van der Waals surface area contributed by atoms with Crippen LogP contribution in [0.4, 0.5) is 0 Å². The van der Waals surface area contributed by atoms with E-state index < -0.39 is 0 Å². The van der Waals surface area contributed by atoms with E-state index in [2.05, 4.69) is 29.2 Å². The van der Waals surface area contributed by atoms with Gasteiger partial charge in [-0.3, -0.25) is 4.90 Å². The van der Waals surface area contributed by atoms with Gasteiger partial charge in [0.25, 0.3) is 0 Å². The number of benzene rings is 2. The fourth-order valence-corrected chi connectivity index (χ4v) is 2.54. The van der Waals surface area contributed by atoms with Gasteiger partial charge in [-0.15, -0.1) is 0 Å². The van der Waals surface area contributed by atoms with Crippen LogP contribution in [0, 0.1) is 0 Å². The molecule has 0 saturated heterocycles. The molecule has 0 amide bonds. The van der Waals surface area contributed by atoms with Crippen LogP contribution in [0.15, 0.2) is 48.5 Å². The third-order valence-corrected chi connectivity index (χ3v) is 3.57. The van der Waals surface area contributed by atoms with Crippen LogP contribution in [0.25, 0.3) is 0 Å². The topological polar surface area (TPSA) is 38.5 Å². The van der Waals surface area contributed by atoms with Crippen LogP contribution in [0.2, 0.25) is 5.02 Å². The van der Waals surface area contributed by atoms with Crippen molar-refractivity contribution in [3.63, 3.8) is 0 Å². The first-order chi connectivity index (χ1) is 10.2. The van der Waals surface area contributed by atoms with Crippen LogP contribution < -0.4 is 10.5 Å². The van der Waals surface area contributed by atoms with E-state index in [1.807, 2.05) is 24.3 Å². The molecule has 21 heavy (non-hydrogen) atoms. The van der Waals surface area contributed by atoms with E-state index in [1.54, 1.807) is 7.11 Å². The lowest BCUT2D eigenvalue weighted by Gasteiger charge is -2.23. The van der Waals surface area contributed by atoms with Crippen LogP contribution in [-0.4, -0.2) is 25.1 Å². The minimum absolute atomic E-state index is 0.621. The zero-order chi connectivity index (χ0) is 15.1. The molecular weight excluding hydrogens is 284 g/mol. The average molecular weight is 305 g/mol. The van der Waals surface area contributed by atoms with Gasteiger partial charge in [0, 0.05) is 36.8 Å². The maximum atomic E-state index is 6.10. The van der Waals surface area contributed by atoms with Gasteiger partial charge >= 0.3 is 0 Å². The SMILES string of the molecule is COc1ccc(Cl)cc1CN(CCN)Cc1ccccc1. The van der Waals surface area contributed by atoms with Gasteiger partial charge < -0.3 is 10.5 Å². The van der Waals surface area contributed by atoms with Gasteiger partial charge in [-0.1, -0.05) is 41.9 Å². The number of ether oxygens (including phenoxy) is 1. The zero-order valence-corrected chi connectivity index (χ0v) is 13.0. The maximum absolute atomic E-state index is 6.10. The summed E-state index contributed by atoms with van der Waals surface area (Å²) < 4.78 is 5.41. The molecule has 4 heteroatoms. The monoisotopic (exact) mass is 304 g/mol. The Bertz CT molecular complexity index is 560. The zero-order valence-electron chi connectivity index (χ0n) is 12.3. The van der Waals surface area contributed by atoms with E-state index in [0.29, 0.717) is 6.54 Å². The second kappa shape index (κ2) is 8.03. The molecule has 0 aliphatic carbocycles. The third kappa shape index (κ3) is 4.74. The molecule has 0 radical (unpaired) electrons. The fourth-order valence-electron chi connectivity index (χ4n) is 2.35. The molecule has 0 aromatic heterocycles. The maximum Gasteiger partial charge on any atom is 0.123 e. The summed E-state index contributed by atoms with van der Waals surface area (Å²) in [5, 5.41) is 0.721. The summed E-state index contributed by atoms with van der Waals surface area (Å²) in [5.74, 6) is 0.856. The Hall–Kier alpha value is -1.55. The van der Waals surface area contributed by atoms with E-state index in [-0.39, 0.29) is 0 Å². The van der Waals surface area contributed by atoms with Gasteiger partial charge in [-0.05, 0) is 23.8 Å². The van der Waals surface area contributed by atoms with Crippen LogP contribution in [0.5, 0.6) is 5.75 Å². The molecular formula is C17H21ClN2O. The Morgan fingerprint density at radius 2 is 1.86 bits per heavy atom. The van der Waals surface area contributed by atoms with Crippen molar-refractivity contribution in [1.29, 1.82) is 0 Å².